The van der Waals surface area contributed by atoms with E-state index in [0.717, 1.165) is 42.0 Å². The van der Waals surface area contributed by atoms with E-state index in [0.29, 0.717) is 12.8 Å². The molecule has 1 aromatic carbocycles. The Morgan fingerprint density at radius 3 is 2.41 bits per heavy atom. The Balaban J connectivity index is 1.58. The van der Waals surface area contributed by atoms with E-state index in [4.69, 9.17) is 11.6 Å². The predicted molar refractivity (Wildman–Crippen MR) is 115 cm³/mol. The third-order valence-corrected chi connectivity index (χ3v) is 6.97. The summed E-state index contributed by atoms with van der Waals surface area (Å²) in [6.45, 7) is 2.03. The number of aromatic nitrogens is 1. The topological polar surface area (TPSA) is 74.3 Å². The van der Waals surface area contributed by atoms with Crippen molar-refractivity contribution in [3.05, 3.63) is 46.9 Å². The minimum absolute atomic E-state index is 0.0239. The van der Waals surface area contributed by atoms with Crippen LogP contribution in [0.15, 0.2) is 35.4 Å². The first-order valence-corrected chi connectivity index (χ1v) is 11.4. The first kappa shape index (κ1) is 21.8. The van der Waals surface area contributed by atoms with Gasteiger partial charge in [0.25, 0.3) is 0 Å². The van der Waals surface area contributed by atoms with Crippen molar-refractivity contribution >= 4 is 33.1 Å². The monoisotopic (exact) mass is 440 g/mol. The fraction of sp³-hybridized carbons (Fsp3) is 0.450. The van der Waals surface area contributed by atoms with Crippen molar-refractivity contribution in [3.63, 3.8) is 0 Å². The summed E-state index contributed by atoms with van der Waals surface area (Å²) in [4.78, 5) is 6.48. The van der Waals surface area contributed by atoms with Gasteiger partial charge >= 0.3 is 0 Å². The van der Waals surface area contributed by atoms with Crippen molar-refractivity contribution in [2.24, 2.45) is 0 Å². The summed E-state index contributed by atoms with van der Waals surface area (Å²) in [7, 11) is 0.261. The molecule has 29 heavy (non-hydrogen) atoms. The second-order valence-corrected chi connectivity index (χ2v) is 9.76. The summed E-state index contributed by atoms with van der Waals surface area (Å²) in [5.74, 6) is 0.184. The van der Waals surface area contributed by atoms with Gasteiger partial charge in [0.05, 0.1) is 9.92 Å². The van der Waals surface area contributed by atoms with E-state index >= 15 is 0 Å². The molecule has 0 atom stereocenters. The van der Waals surface area contributed by atoms with Crippen molar-refractivity contribution in [1.29, 1.82) is 0 Å². The summed E-state index contributed by atoms with van der Waals surface area (Å²) in [5, 5.41) is 3.25. The zero-order valence-corrected chi connectivity index (χ0v) is 18.3. The minimum atomic E-state index is -3.73. The van der Waals surface area contributed by atoms with Gasteiger partial charge in [-0.2, -0.15) is 0 Å². The van der Waals surface area contributed by atoms with Crippen LogP contribution in [-0.4, -0.2) is 39.6 Å². The van der Waals surface area contributed by atoms with E-state index in [1.807, 2.05) is 33.3 Å². The molecule has 158 valence electrons. The van der Waals surface area contributed by atoms with Crippen LogP contribution < -0.4 is 14.9 Å². The molecule has 1 aromatic heterocycles. The molecular formula is C20H26ClFN4O2S. The molecule has 0 spiro atoms. The normalized spacial score (nSPS) is 19.8. The molecule has 0 amide bonds. The molecule has 6 nitrogen and oxygen atoms in total. The van der Waals surface area contributed by atoms with Gasteiger partial charge < -0.3 is 10.2 Å². The summed E-state index contributed by atoms with van der Waals surface area (Å²) in [6.07, 6.45) is 4.91. The van der Waals surface area contributed by atoms with Crippen molar-refractivity contribution in [1.82, 2.24) is 9.71 Å². The van der Waals surface area contributed by atoms with E-state index in [-0.39, 0.29) is 22.0 Å². The SMILES string of the molecule is Cc1cnc(NC2CCC(NS(=O)(=O)c3ccc(F)c(Cl)c3)CC2)cc1N(C)C. The number of aryl methyl sites for hydroxylation is 1. The zero-order chi connectivity index (χ0) is 21.2. The molecule has 1 fully saturated rings. The van der Waals surface area contributed by atoms with E-state index in [9.17, 15) is 12.8 Å². The smallest absolute Gasteiger partial charge is 0.240 e. The van der Waals surface area contributed by atoms with Crippen molar-refractivity contribution < 1.29 is 12.8 Å². The Morgan fingerprint density at radius 1 is 1.14 bits per heavy atom. The lowest BCUT2D eigenvalue weighted by Crippen LogP contribution is -2.40. The number of rotatable bonds is 6. The maximum absolute atomic E-state index is 13.3. The molecule has 1 saturated carbocycles. The Labute approximate surface area is 176 Å². The van der Waals surface area contributed by atoms with E-state index < -0.39 is 15.8 Å². The van der Waals surface area contributed by atoms with Crippen LogP contribution in [-0.2, 0) is 10.0 Å². The third kappa shape index (κ3) is 5.38. The second kappa shape index (κ2) is 8.85. The highest BCUT2D eigenvalue weighted by atomic mass is 35.5. The van der Waals surface area contributed by atoms with Crippen LogP contribution >= 0.6 is 11.6 Å². The Bertz CT molecular complexity index is 976. The van der Waals surface area contributed by atoms with Gasteiger partial charge in [0, 0.05) is 44.1 Å². The van der Waals surface area contributed by atoms with Crippen molar-refractivity contribution in [3.8, 4) is 0 Å². The lowest BCUT2D eigenvalue weighted by Gasteiger charge is -2.30. The molecule has 0 saturated heterocycles. The van der Waals surface area contributed by atoms with Crippen LogP contribution in [0, 0.1) is 12.7 Å². The fourth-order valence-electron chi connectivity index (χ4n) is 3.57. The van der Waals surface area contributed by atoms with Crippen LogP contribution in [0.4, 0.5) is 15.9 Å². The van der Waals surface area contributed by atoms with Crippen LogP contribution in [0.3, 0.4) is 0 Å². The van der Waals surface area contributed by atoms with Gasteiger partial charge in [-0.15, -0.1) is 0 Å². The van der Waals surface area contributed by atoms with Gasteiger partial charge in [0.2, 0.25) is 10.0 Å². The Kier molecular flexibility index (Phi) is 6.65. The van der Waals surface area contributed by atoms with Crippen LogP contribution in [0.1, 0.15) is 31.2 Å². The molecule has 1 aliphatic rings. The second-order valence-electron chi connectivity index (χ2n) is 7.64. The highest BCUT2D eigenvalue weighted by Crippen LogP contribution is 2.26. The number of benzene rings is 1. The average molecular weight is 441 g/mol. The number of nitrogens with zero attached hydrogens (tertiary/aromatic N) is 2. The number of hydrogen-bond donors (Lipinski definition) is 2. The number of halogens is 2. The fourth-order valence-corrected chi connectivity index (χ4v) is 5.15. The number of pyridine rings is 1. The highest BCUT2D eigenvalue weighted by molar-refractivity contribution is 7.89. The molecule has 0 aliphatic heterocycles. The van der Waals surface area contributed by atoms with Crippen LogP contribution in [0.25, 0.3) is 0 Å². The van der Waals surface area contributed by atoms with Gasteiger partial charge in [0.15, 0.2) is 0 Å². The number of sulfonamides is 1. The zero-order valence-electron chi connectivity index (χ0n) is 16.7. The van der Waals surface area contributed by atoms with Gasteiger partial charge in [-0.25, -0.2) is 22.5 Å². The van der Waals surface area contributed by atoms with Gasteiger partial charge in [0.1, 0.15) is 11.6 Å². The Morgan fingerprint density at radius 2 is 1.79 bits per heavy atom. The Hall–Kier alpha value is -1.90. The first-order chi connectivity index (χ1) is 13.7. The lowest BCUT2D eigenvalue weighted by molar-refractivity contribution is 0.387. The summed E-state index contributed by atoms with van der Waals surface area (Å²) < 4.78 is 41.1. The van der Waals surface area contributed by atoms with E-state index in [1.165, 1.54) is 6.07 Å². The molecule has 9 heteroatoms. The quantitative estimate of drug-likeness (QED) is 0.711. The van der Waals surface area contributed by atoms with E-state index in [2.05, 4.69) is 19.9 Å². The van der Waals surface area contributed by atoms with Gasteiger partial charge in [-0.05, 0) is 56.4 Å². The van der Waals surface area contributed by atoms with Crippen molar-refractivity contribution in [2.75, 3.05) is 24.3 Å². The molecule has 2 N–H and O–H groups in total. The van der Waals surface area contributed by atoms with Crippen LogP contribution in [0.2, 0.25) is 5.02 Å². The number of hydrogen-bond acceptors (Lipinski definition) is 5. The van der Waals surface area contributed by atoms with Gasteiger partial charge in [-0.1, -0.05) is 11.6 Å². The molecule has 0 radical (unpaired) electrons. The van der Waals surface area contributed by atoms with E-state index in [1.54, 1.807) is 0 Å². The summed E-state index contributed by atoms with van der Waals surface area (Å²) >= 11 is 5.71. The number of nitrogens with one attached hydrogen (secondary N) is 2. The molecule has 1 heterocycles. The maximum Gasteiger partial charge on any atom is 0.240 e. The molecule has 1 aliphatic carbocycles. The predicted octanol–water partition coefficient (Wildman–Crippen LogP) is 3.95. The maximum atomic E-state index is 13.3. The third-order valence-electron chi connectivity index (χ3n) is 5.16. The minimum Gasteiger partial charge on any atom is -0.377 e. The first-order valence-electron chi connectivity index (χ1n) is 9.53. The molecule has 0 unspecified atom stereocenters. The standard InChI is InChI=1S/C20H26ClFN4O2S/c1-13-12-23-20(11-19(13)26(2)3)24-14-4-6-15(7-5-14)25-29(27,28)16-8-9-18(22)17(21)10-16/h8-12,14-15,25H,4-7H2,1-3H3,(H,23,24). The molecule has 2 aromatic rings. The molecule has 3 rings (SSSR count). The summed E-state index contributed by atoms with van der Waals surface area (Å²) in [5.41, 5.74) is 2.22. The summed E-state index contributed by atoms with van der Waals surface area (Å²) in [6, 6.07) is 5.53. The van der Waals surface area contributed by atoms with Crippen molar-refractivity contribution in [2.45, 2.75) is 49.6 Å². The number of anilines is 2. The average Bonchev–Trinajstić information content (AvgIpc) is 2.66. The highest BCUT2D eigenvalue weighted by Gasteiger charge is 2.26. The largest absolute Gasteiger partial charge is 0.377 e. The lowest BCUT2D eigenvalue weighted by atomic mass is 9.92. The molecular weight excluding hydrogens is 415 g/mol. The molecule has 0 bridgehead atoms. The van der Waals surface area contributed by atoms with Gasteiger partial charge in [-0.3, -0.25) is 0 Å². The van der Waals surface area contributed by atoms with Crippen LogP contribution in [0.5, 0.6) is 0 Å².